The number of hydrogen-bond acceptors (Lipinski definition) is 0. The molecule has 0 fully saturated rings. The molecule has 0 spiro atoms. The van der Waals surface area contributed by atoms with Crippen molar-refractivity contribution >= 4 is 19.7 Å². The van der Waals surface area contributed by atoms with Crippen molar-refractivity contribution in [3.05, 3.63) is 30.3 Å². The van der Waals surface area contributed by atoms with Crippen LogP contribution in [0.5, 0.6) is 0 Å². The topological polar surface area (TPSA) is 0 Å². The van der Waals surface area contributed by atoms with Gasteiger partial charge in [-0.05, 0) is 0 Å². The van der Waals surface area contributed by atoms with Gasteiger partial charge < -0.3 is 0 Å². The first-order valence-electron chi connectivity index (χ1n) is 2.00. The molecule has 0 heterocycles. The molecule has 0 atom stereocenters. The molecule has 0 aliphatic rings. The summed E-state index contributed by atoms with van der Waals surface area (Å²) in [6, 6.07) is 10.0. The molecule has 8 heavy (non-hydrogen) atoms. The summed E-state index contributed by atoms with van der Waals surface area (Å²) in [5.74, 6) is 0. The van der Waals surface area contributed by atoms with E-state index < -0.39 is 0 Å². The Kier molecular flexibility index (Phi) is 8.00. The van der Waals surface area contributed by atoms with Crippen molar-refractivity contribution in [2.24, 2.45) is 0 Å². The largest absolute Gasteiger partial charge is 0.214 e. The van der Waals surface area contributed by atoms with Gasteiger partial charge in [0.25, 0.3) is 0 Å². The zero-order chi connectivity index (χ0) is 6.24. The predicted molar refractivity (Wildman–Crippen MR) is 33.7 cm³/mol. The molecule has 0 aromatic heterocycles. The summed E-state index contributed by atoms with van der Waals surface area (Å²) in [6.45, 7) is 0. The smallest absolute Gasteiger partial charge is 0.172 e. The van der Waals surface area contributed by atoms with E-state index in [4.69, 9.17) is 19.7 Å². The minimum absolute atomic E-state index is 0.368. The monoisotopic (exact) mass is 186 g/mol. The van der Waals surface area contributed by atoms with E-state index in [1.165, 1.54) is 0 Å². The second kappa shape index (κ2) is 7.51. The van der Waals surface area contributed by atoms with Gasteiger partial charge in [-0.2, -0.15) is 18.2 Å². The molecule has 1 aromatic rings. The van der Waals surface area contributed by atoms with Crippen molar-refractivity contribution < 1.29 is 14.4 Å². The van der Waals surface area contributed by atoms with Crippen LogP contribution >= 0.6 is 19.7 Å². The van der Waals surface area contributed by atoms with Crippen LogP contribution < -0.4 is 0 Å². The normalized spacial score (nSPS) is 6.75. The molecule has 0 bridgehead atoms. The maximum Gasteiger partial charge on any atom is -0.172 e. The van der Waals surface area contributed by atoms with Gasteiger partial charge in [0.1, 0.15) is 0 Å². The number of rotatable bonds is 0. The Hall–Kier alpha value is 0.514. The van der Waals surface area contributed by atoms with Gasteiger partial charge in [-0.3, -0.25) is 0 Å². The van der Waals surface area contributed by atoms with Gasteiger partial charge in [0, 0.05) is 0 Å². The molecular formula is C5H5Cl2V-. The fraction of sp³-hybridized carbons (Fsp3) is 0. The zero-order valence-corrected chi connectivity index (χ0v) is 7.00. The molecule has 1 aromatic carbocycles. The van der Waals surface area contributed by atoms with Crippen LogP contribution in [-0.2, 0) is 14.4 Å². The second-order valence-electron chi connectivity index (χ2n) is 1.03. The van der Waals surface area contributed by atoms with Crippen molar-refractivity contribution in [2.45, 2.75) is 0 Å². The molecule has 0 amide bonds. The zero-order valence-electron chi connectivity index (χ0n) is 4.09. The molecular weight excluding hydrogens is 182 g/mol. The van der Waals surface area contributed by atoms with Crippen LogP contribution in [0, 0.1) is 0 Å². The van der Waals surface area contributed by atoms with E-state index in [0.717, 1.165) is 0 Å². The summed E-state index contributed by atoms with van der Waals surface area (Å²) in [7, 11) is 9.72. The maximum absolute atomic E-state index is 4.86. The molecule has 1 rings (SSSR count). The molecule has 0 unspecified atom stereocenters. The van der Waals surface area contributed by atoms with Crippen LogP contribution in [0.2, 0.25) is 0 Å². The summed E-state index contributed by atoms with van der Waals surface area (Å²) in [4.78, 5) is 0. The molecule has 0 N–H and O–H groups in total. The summed E-state index contributed by atoms with van der Waals surface area (Å²) in [6.07, 6.45) is 0. The Labute approximate surface area is 64.4 Å². The van der Waals surface area contributed by atoms with Gasteiger partial charge in [0.05, 0.1) is 0 Å². The molecule has 0 aliphatic heterocycles. The van der Waals surface area contributed by atoms with Gasteiger partial charge in [0.2, 0.25) is 0 Å². The molecule has 3 heteroatoms. The van der Waals surface area contributed by atoms with E-state index in [0.29, 0.717) is 0 Å². The van der Waals surface area contributed by atoms with Crippen LogP contribution in [0.15, 0.2) is 30.3 Å². The number of halogens is 2. The Morgan fingerprint density at radius 3 is 1.62 bits per heavy atom. The van der Waals surface area contributed by atoms with Crippen molar-refractivity contribution in [2.75, 3.05) is 0 Å². The average molecular weight is 187 g/mol. The van der Waals surface area contributed by atoms with E-state index in [-0.39, 0.29) is 14.4 Å². The summed E-state index contributed by atoms with van der Waals surface area (Å²) < 4.78 is 0. The van der Waals surface area contributed by atoms with Crippen LogP contribution in [0.4, 0.5) is 0 Å². The average Bonchev–Trinajstić information content (AvgIpc) is 2.17. The van der Waals surface area contributed by atoms with E-state index in [2.05, 4.69) is 0 Å². The first kappa shape index (κ1) is 8.51. The third kappa shape index (κ3) is 6.51. The first-order valence-corrected chi connectivity index (χ1v) is 5.85. The Morgan fingerprint density at radius 2 is 1.50 bits per heavy atom. The summed E-state index contributed by atoms with van der Waals surface area (Å²) in [5, 5.41) is 0. The van der Waals surface area contributed by atoms with E-state index in [1.54, 1.807) is 0 Å². The maximum atomic E-state index is 4.86. The Morgan fingerprint density at radius 1 is 1.12 bits per heavy atom. The van der Waals surface area contributed by atoms with Gasteiger partial charge >= 0.3 is 34.1 Å². The molecule has 45 valence electrons. The Bertz CT molecular complexity index is 77.3. The van der Waals surface area contributed by atoms with Crippen molar-refractivity contribution in [3.8, 4) is 0 Å². The van der Waals surface area contributed by atoms with Gasteiger partial charge in [-0.25, -0.2) is 12.1 Å². The quantitative estimate of drug-likeness (QED) is 0.547. The molecule has 0 radical (unpaired) electrons. The standard InChI is InChI=1S/C5H5.2ClH.V/c1-2-4-5-3-1;;;/h1-5H;2*1H;/q-1;;;+2/p-2. The fourth-order valence-electron chi connectivity index (χ4n) is 0.321. The van der Waals surface area contributed by atoms with Crippen LogP contribution in [0.3, 0.4) is 0 Å². The minimum atomic E-state index is -0.368. The van der Waals surface area contributed by atoms with Crippen molar-refractivity contribution in [3.63, 3.8) is 0 Å². The van der Waals surface area contributed by atoms with Gasteiger partial charge in [-0.15, -0.1) is 0 Å². The predicted octanol–water partition coefficient (Wildman–Crippen LogP) is 2.78. The van der Waals surface area contributed by atoms with Crippen molar-refractivity contribution in [1.29, 1.82) is 0 Å². The molecule has 0 saturated heterocycles. The fourth-order valence-corrected chi connectivity index (χ4v) is 0.321. The minimum Gasteiger partial charge on any atom is -0.214 e. The van der Waals surface area contributed by atoms with E-state index in [9.17, 15) is 0 Å². The molecule has 0 aliphatic carbocycles. The SMILES string of the molecule is [Cl][V][Cl].c1cc[cH-]c1. The van der Waals surface area contributed by atoms with Crippen molar-refractivity contribution in [1.82, 2.24) is 0 Å². The second-order valence-corrected chi connectivity index (χ2v) is 3.33. The Balaban J connectivity index is 0.000000145. The van der Waals surface area contributed by atoms with E-state index >= 15 is 0 Å². The number of hydrogen-bond donors (Lipinski definition) is 0. The summed E-state index contributed by atoms with van der Waals surface area (Å²) >= 11 is -0.368. The summed E-state index contributed by atoms with van der Waals surface area (Å²) in [5.41, 5.74) is 0. The molecule has 0 saturated carbocycles. The third-order valence-electron chi connectivity index (χ3n) is 0.556. The first-order chi connectivity index (χ1) is 3.91. The van der Waals surface area contributed by atoms with Crippen LogP contribution in [0.25, 0.3) is 0 Å². The third-order valence-corrected chi connectivity index (χ3v) is 0.556. The van der Waals surface area contributed by atoms with Gasteiger partial charge in [0.15, 0.2) is 0 Å². The van der Waals surface area contributed by atoms with Crippen LogP contribution in [-0.4, -0.2) is 0 Å². The van der Waals surface area contributed by atoms with E-state index in [1.807, 2.05) is 30.3 Å². The molecule has 0 nitrogen and oxygen atoms in total. The van der Waals surface area contributed by atoms with Crippen LogP contribution in [0.1, 0.15) is 0 Å². The van der Waals surface area contributed by atoms with Gasteiger partial charge in [-0.1, -0.05) is 0 Å².